The highest BCUT2D eigenvalue weighted by Gasteiger charge is 2.40. The van der Waals surface area contributed by atoms with Crippen molar-refractivity contribution in [3.05, 3.63) is 46.3 Å². The van der Waals surface area contributed by atoms with Gasteiger partial charge in [0.15, 0.2) is 11.5 Å². The molecule has 12 heteroatoms. The predicted molar refractivity (Wildman–Crippen MR) is 125 cm³/mol. The fourth-order valence-corrected chi connectivity index (χ4v) is 4.41. The minimum Gasteiger partial charge on any atom is -0.381 e. The third-order valence-electron chi connectivity index (χ3n) is 6.21. The summed E-state index contributed by atoms with van der Waals surface area (Å²) < 4.78 is 38.7. The summed E-state index contributed by atoms with van der Waals surface area (Å²) in [5.74, 6) is -0.177. The van der Waals surface area contributed by atoms with Crippen LogP contribution >= 0.6 is 0 Å². The monoisotopic (exact) mass is 491 g/mol. The Bertz CT molecular complexity index is 1150. The number of fused-ring (bicyclic) bond motifs is 2. The Kier molecular flexibility index (Phi) is 6.32. The molecule has 1 amide bonds. The minimum atomic E-state index is -4.60. The van der Waals surface area contributed by atoms with Gasteiger partial charge < -0.3 is 10.2 Å². The van der Waals surface area contributed by atoms with Gasteiger partial charge in [-0.25, -0.2) is 9.99 Å². The highest BCUT2D eigenvalue weighted by molar-refractivity contribution is 5.93. The van der Waals surface area contributed by atoms with Crippen LogP contribution in [0.4, 0.5) is 24.7 Å². The average molecular weight is 492 g/mol. The van der Waals surface area contributed by atoms with Crippen molar-refractivity contribution in [1.29, 1.82) is 0 Å². The number of nitrogens with one attached hydrogen (secondary N) is 2. The largest absolute Gasteiger partial charge is 0.432 e. The Hall–Kier alpha value is -3.44. The van der Waals surface area contributed by atoms with Crippen LogP contribution in [0.3, 0.4) is 0 Å². The number of hydrogen-bond donors (Lipinski definition) is 2. The number of amides is 1. The number of H-pyrrole nitrogens is 1. The Labute approximate surface area is 200 Å². The summed E-state index contributed by atoms with van der Waals surface area (Å²) in [6, 6.07) is 4.20. The van der Waals surface area contributed by atoms with Crippen molar-refractivity contribution in [2.75, 3.05) is 30.5 Å². The summed E-state index contributed by atoms with van der Waals surface area (Å²) in [5, 5.41) is 13.0. The molecule has 3 aliphatic rings. The van der Waals surface area contributed by atoms with Crippen LogP contribution in [0.1, 0.15) is 55.5 Å². The Morgan fingerprint density at radius 1 is 1.29 bits per heavy atom. The fourth-order valence-electron chi connectivity index (χ4n) is 4.41. The molecule has 35 heavy (non-hydrogen) atoms. The van der Waals surface area contributed by atoms with Crippen LogP contribution in [0.15, 0.2) is 29.6 Å². The van der Waals surface area contributed by atoms with Gasteiger partial charge in [0.2, 0.25) is 0 Å². The molecular weight excluding hydrogens is 463 g/mol. The molecule has 5 rings (SSSR count). The van der Waals surface area contributed by atoms with Gasteiger partial charge in [0.25, 0.3) is 5.91 Å². The molecule has 2 aromatic rings. The fraction of sp³-hybridized carbons (Fsp3) is 0.522. The summed E-state index contributed by atoms with van der Waals surface area (Å²) in [6.45, 7) is 7.29. The summed E-state index contributed by atoms with van der Waals surface area (Å²) >= 11 is 0. The van der Waals surface area contributed by atoms with Crippen molar-refractivity contribution < 1.29 is 18.0 Å². The van der Waals surface area contributed by atoms with Gasteiger partial charge in [0.05, 0.1) is 22.7 Å². The lowest BCUT2D eigenvalue weighted by atomic mass is 9.78. The van der Waals surface area contributed by atoms with Gasteiger partial charge >= 0.3 is 6.18 Å². The highest BCUT2D eigenvalue weighted by Crippen LogP contribution is 2.41. The van der Waals surface area contributed by atoms with Gasteiger partial charge in [-0.2, -0.15) is 18.3 Å². The van der Waals surface area contributed by atoms with Crippen LogP contribution in [0.5, 0.6) is 0 Å². The molecule has 1 saturated heterocycles. The maximum absolute atomic E-state index is 12.9. The lowest BCUT2D eigenvalue weighted by Crippen LogP contribution is -2.49. The van der Waals surface area contributed by atoms with Gasteiger partial charge in [-0.3, -0.25) is 9.89 Å². The molecule has 2 N–H and O–H groups in total. The topological polar surface area (TPSA) is 107 Å². The number of piperidine rings is 1. The number of halogens is 3. The van der Waals surface area contributed by atoms with Crippen molar-refractivity contribution >= 4 is 23.0 Å². The lowest BCUT2D eigenvalue weighted by molar-refractivity contribution is -0.141. The number of rotatable bonds is 6. The van der Waals surface area contributed by atoms with Gasteiger partial charge in [-0.1, -0.05) is 26.8 Å². The van der Waals surface area contributed by atoms with Crippen molar-refractivity contribution in [2.24, 2.45) is 16.6 Å². The van der Waals surface area contributed by atoms with E-state index in [1.807, 2.05) is 23.3 Å². The number of aromatic amines is 1. The Morgan fingerprint density at radius 3 is 2.60 bits per heavy atom. The molecule has 0 radical (unpaired) electrons. The molecular formula is C23H28F3N7O2. The predicted octanol–water partition coefficient (Wildman–Crippen LogP) is 4.72. The molecule has 2 aromatic heterocycles. The van der Waals surface area contributed by atoms with Crippen molar-refractivity contribution in [1.82, 2.24) is 20.1 Å². The summed E-state index contributed by atoms with van der Waals surface area (Å²) in [5.41, 5.74) is 1.02. The average Bonchev–Trinajstić information content (AvgIpc) is 3.32. The van der Waals surface area contributed by atoms with E-state index in [4.69, 9.17) is 4.98 Å². The zero-order chi connectivity index (χ0) is 25.5. The van der Waals surface area contributed by atoms with E-state index in [-0.39, 0.29) is 23.1 Å². The van der Waals surface area contributed by atoms with E-state index < -0.39 is 17.8 Å². The molecule has 9 nitrogen and oxygen atoms in total. The second-order valence-corrected chi connectivity index (χ2v) is 10.2. The molecule has 2 bridgehead atoms. The van der Waals surface area contributed by atoms with Crippen molar-refractivity contribution in [3.63, 3.8) is 0 Å². The van der Waals surface area contributed by atoms with E-state index in [9.17, 15) is 22.9 Å². The van der Waals surface area contributed by atoms with Crippen LogP contribution in [0.2, 0.25) is 0 Å². The number of anilines is 2. The number of aromatic nitrogens is 3. The van der Waals surface area contributed by atoms with E-state index in [1.165, 1.54) is 12.1 Å². The van der Waals surface area contributed by atoms with Gasteiger partial charge in [-0.05, 0) is 36.0 Å². The van der Waals surface area contributed by atoms with E-state index in [2.05, 4.69) is 36.5 Å². The van der Waals surface area contributed by atoms with E-state index >= 15 is 0 Å². The van der Waals surface area contributed by atoms with E-state index in [1.54, 1.807) is 4.90 Å². The molecule has 2 aliphatic heterocycles. The third-order valence-corrected chi connectivity index (χ3v) is 6.21. The van der Waals surface area contributed by atoms with Crippen LogP contribution in [-0.2, 0) is 6.18 Å². The standard InChI is InChI=1S/C23H28F3N7O2/c1-22(2,3)12-27-17-8-7-16(28-20(17)32(4)31-35)15-9-14-6-5-13(15)11-33(14)21(34)18-10-19(30-29-18)23(24,25)26/h7-10,13-14,27H,5-6,11-12H2,1-4H3,(H,29,30). The smallest absolute Gasteiger partial charge is 0.381 e. The van der Waals surface area contributed by atoms with Gasteiger partial charge in [0.1, 0.15) is 5.69 Å². The second-order valence-electron chi connectivity index (χ2n) is 10.2. The molecule has 188 valence electrons. The number of carbonyl (C=O) groups excluding carboxylic acids is 1. The Balaban J connectivity index is 1.59. The van der Waals surface area contributed by atoms with E-state index in [0.717, 1.165) is 18.1 Å². The van der Waals surface area contributed by atoms with E-state index in [0.29, 0.717) is 36.7 Å². The summed E-state index contributed by atoms with van der Waals surface area (Å²) in [7, 11) is 1.53. The van der Waals surface area contributed by atoms with Crippen LogP contribution in [-0.4, -0.2) is 52.2 Å². The first-order chi connectivity index (χ1) is 16.4. The van der Waals surface area contributed by atoms with Crippen LogP contribution in [0.25, 0.3) is 5.57 Å². The summed E-state index contributed by atoms with van der Waals surface area (Å²) in [6.07, 6.45) is -1.14. The highest BCUT2D eigenvalue weighted by atomic mass is 19.4. The lowest BCUT2D eigenvalue weighted by Gasteiger charge is -2.44. The molecule has 1 fully saturated rings. The van der Waals surface area contributed by atoms with Crippen molar-refractivity contribution in [3.8, 4) is 0 Å². The molecule has 2 atom stereocenters. The maximum atomic E-state index is 12.9. The summed E-state index contributed by atoms with van der Waals surface area (Å²) in [4.78, 5) is 30.4. The molecule has 2 unspecified atom stereocenters. The first-order valence-electron chi connectivity index (χ1n) is 11.3. The molecule has 0 spiro atoms. The Morgan fingerprint density at radius 2 is 2.03 bits per heavy atom. The number of carbonyl (C=O) groups is 1. The first-order valence-corrected chi connectivity index (χ1v) is 11.3. The van der Waals surface area contributed by atoms with Gasteiger partial charge in [-0.15, -0.1) is 4.91 Å². The van der Waals surface area contributed by atoms with Crippen LogP contribution < -0.4 is 10.3 Å². The van der Waals surface area contributed by atoms with Crippen molar-refractivity contribution in [2.45, 2.75) is 45.8 Å². The first kappa shape index (κ1) is 24.7. The number of hydrogen-bond acceptors (Lipinski definition) is 6. The minimum absolute atomic E-state index is 0.0132. The molecule has 4 heterocycles. The quantitative estimate of drug-likeness (QED) is 0.448. The normalized spacial score (nSPS) is 20.0. The second kappa shape index (κ2) is 8.97. The molecule has 0 saturated carbocycles. The number of nitrogens with zero attached hydrogens (tertiary/aromatic N) is 5. The van der Waals surface area contributed by atoms with Gasteiger partial charge in [0, 0.05) is 32.1 Å². The van der Waals surface area contributed by atoms with Crippen LogP contribution in [0, 0.1) is 16.2 Å². The molecule has 1 aliphatic carbocycles. The maximum Gasteiger partial charge on any atom is 0.432 e. The zero-order valence-corrected chi connectivity index (χ0v) is 20.0. The zero-order valence-electron chi connectivity index (χ0n) is 20.0. The number of pyridine rings is 1. The molecule has 0 aromatic carbocycles. The SMILES string of the molecule is CN(N=O)c1nc(C2=CC3CCC2CN3C(=O)c2cc(C(F)(F)F)[nH]n2)ccc1NCC(C)(C)C. The number of alkyl halides is 3. The number of nitroso groups, excluding NO2 is 1. The third kappa shape index (κ3) is 5.15.